The van der Waals surface area contributed by atoms with Crippen molar-refractivity contribution >= 4 is 17.2 Å². The zero-order valence-electron chi connectivity index (χ0n) is 15.0. The molecule has 0 spiro atoms. The number of nitrogens with zero attached hydrogens (tertiary/aromatic N) is 1. The van der Waals surface area contributed by atoms with Gasteiger partial charge in [-0.1, -0.05) is 18.2 Å². The van der Waals surface area contributed by atoms with Crippen molar-refractivity contribution in [3.05, 3.63) is 59.4 Å². The number of nitrogens with one attached hydrogen (secondary N) is 1. The Morgan fingerprint density at radius 1 is 1.30 bits per heavy atom. The Hall–Kier alpha value is -2.86. The van der Waals surface area contributed by atoms with Gasteiger partial charge in [0.25, 0.3) is 0 Å². The van der Waals surface area contributed by atoms with Gasteiger partial charge in [0.15, 0.2) is 0 Å². The molecule has 1 unspecified atom stereocenters. The number of benzene rings is 1. The van der Waals surface area contributed by atoms with Gasteiger partial charge in [-0.05, 0) is 41.7 Å². The van der Waals surface area contributed by atoms with Crippen LogP contribution >= 0.6 is 0 Å². The summed E-state index contributed by atoms with van der Waals surface area (Å²) in [4.78, 5) is 15.4. The van der Waals surface area contributed by atoms with Crippen molar-refractivity contribution < 1.29 is 19.4 Å². The largest absolute Gasteiger partial charge is 0.493 e. The topological polar surface area (TPSA) is 80.7 Å². The minimum atomic E-state index is -0.957. The molecular weight excluding hydrogens is 344 g/mol. The van der Waals surface area contributed by atoms with E-state index in [4.69, 9.17) is 9.47 Å². The van der Waals surface area contributed by atoms with Gasteiger partial charge in [0.1, 0.15) is 5.75 Å². The maximum Gasteiger partial charge on any atom is 0.337 e. The quantitative estimate of drug-likeness (QED) is 0.842. The van der Waals surface area contributed by atoms with Crippen molar-refractivity contribution in [1.82, 2.24) is 4.98 Å². The highest BCUT2D eigenvalue weighted by Gasteiger charge is 2.23. The van der Waals surface area contributed by atoms with E-state index in [1.807, 2.05) is 0 Å². The molecule has 1 aromatic heterocycles. The molecule has 0 radical (unpaired) electrons. The zero-order valence-corrected chi connectivity index (χ0v) is 15.0. The third kappa shape index (κ3) is 3.80. The highest BCUT2D eigenvalue weighted by molar-refractivity contribution is 5.93. The van der Waals surface area contributed by atoms with E-state index in [-0.39, 0.29) is 11.5 Å². The van der Waals surface area contributed by atoms with Crippen LogP contribution in [-0.2, 0) is 4.74 Å². The van der Waals surface area contributed by atoms with Crippen LogP contribution in [0.5, 0.6) is 5.75 Å². The minimum absolute atomic E-state index is 0.235. The van der Waals surface area contributed by atoms with Crippen LogP contribution in [0.1, 0.15) is 40.2 Å². The summed E-state index contributed by atoms with van der Waals surface area (Å²) in [6.45, 7) is 2.71. The fourth-order valence-corrected chi connectivity index (χ4v) is 3.62. The lowest BCUT2D eigenvalue weighted by atomic mass is 9.90. The van der Waals surface area contributed by atoms with Crippen LogP contribution in [0.3, 0.4) is 0 Å². The molecule has 0 saturated carbocycles. The lowest BCUT2D eigenvalue weighted by Crippen LogP contribution is -2.21. The molecule has 2 aliphatic heterocycles. The standard InChI is InChI=1S/C21H22N2O4/c24-21(25)18-3-7-22-13-19(18)23-12-16-6-10-27-20-11-15(1-2-17(16)20)14-4-8-26-9-5-14/h1-4,7,11,13,16,23H,5-6,8-10,12H2,(H,24,25). The Bertz CT molecular complexity index is 878. The molecule has 0 amide bonds. The van der Waals surface area contributed by atoms with E-state index < -0.39 is 5.97 Å². The first-order valence-corrected chi connectivity index (χ1v) is 9.17. The number of ether oxygens (including phenoxy) is 2. The molecule has 3 heterocycles. The number of carbonyl (C=O) groups is 1. The molecule has 2 N–H and O–H groups in total. The molecule has 4 rings (SSSR count). The average Bonchev–Trinajstić information content (AvgIpc) is 2.72. The second kappa shape index (κ2) is 7.80. The summed E-state index contributed by atoms with van der Waals surface area (Å²) in [7, 11) is 0. The summed E-state index contributed by atoms with van der Waals surface area (Å²) in [6, 6.07) is 7.90. The summed E-state index contributed by atoms with van der Waals surface area (Å²) in [6.07, 6.45) is 6.99. The molecule has 2 aliphatic rings. The van der Waals surface area contributed by atoms with Gasteiger partial charge < -0.3 is 19.9 Å². The Labute approximate surface area is 157 Å². The van der Waals surface area contributed by atoms with Crippen molar-refractivity contribution in [3.8, 4) is 5.75 Å². The van der Waals surface area contributed by atoms with Crippen molar-refractivity contribution in [1.29, 1.82) is 0 Å². The highest BCUT2D eigenvalue weighted by Crippen LogP contribution is 2.36. The van der Waals surface area contributed by atoms with Gasteiger partial charge in [-0.25, -0.2) is 4.79 Å². The Balaban J connectivity index is 1.52. The first-order valence-electron chi connectivity index (χ1n) is 9.17. The second-order valence-corrected chi connectivity index (χ2v) is 6.75. The summed E-state index contributed by atoms with van der Waals surface area (Å²) >= 11 is 0. The van der Waals surface area contributed by atoms with Gasteiger partial charge >= 0.3 is 5.97 Å². The molecule has 1 aromatic carbocycles. The molecule has 0 fully saturated rings. The van der Waals surface area contributed by atoms with E-state index in [2.05, 4.69) is 34.6 Å². The monoisotopic (exact) mass is 366 g/mol. The van der Waals surface area contributed by atoms with Gasteiger partial charge in [0, 0.05) is 18.7 Å². The first-order chi connectivity index (χ1) is 13.2. The van der Waals surface area contributed by atoms with Crippen LogP contribution in [0.2, 0.25) is 0 Å². The molecule has 6 heteroatoms. The number of rotatable bonds is 5. The smallest absolute Gasteiger partial charge is 0.337 e. The predicted octanol–water partition coefficient (Wildman–Crippen LogP) is 3.56. The third-order valence-electron chi connectivity index (χ3n) is 5.10. The summed E-state index contributed by atoms with van der Waals surface area (Å²) in [5.74, 6) is 0.220. The van der Waals surface area contributed by atoms with Gasteiger partial charge in [0.05, 0.1) is 37.3 Å². The lowest BCUT2D eigenvalue weighted by Gasteiger charge is -2.27. The van der Waals surface area contributed by atoms with E-state index >= 15 is 0 Å². The number of pyridine rings is 1. The zero-order chi connectivity index (χ0) is 18.6. The second-order valence-electron chi connectivity index (χ2n) is 6.75. The summed E-state index contributed by atoms with van der Waals surface area (Å²) in [5.41, 5.74) is 4.42. The fraction of sp³-hybridized carbons (Fsp3) is 0.333. The summed E-state index contributed by atoms with van der Waals surface area (Å²) in [5, 5.41) is 12.6. The third-order valence-corrected chi connectivity index (χ3v) is 5.10. The highest BCUT2D eigenvalue weighted by atomic mass is 16.5. The number of aromatic carboxylic acids is 1. The molecule has 6 nitrogen and oxygen atoms in total. The van der Waals surface area contributed by atoms with Gasteiger partial charge in [0.2, 0.25) is 0 Å². The minimum Gasteiger partial charge on any atom is -0.493 e. The van der Waals surface area contributed by atoms with Crippen molar-refractivity contribution in [2.45, 2.75) is 18.8 Å². The molecule has 2 aromatic rings. The van der Waals surface area contributed by atoms with Crippen LogP contribution in [0.25, 0.3) is 5.57 Å². The van der Waals surface area contributed by atoms with Gasteiger partial charge in [-0.2, -0.15) is 0 Å². The molecule has 0 aliphatic carbocycles. The first kappa shape index (κ1) is 17.5. The van der Waals surface area contributed by atoms with E-state index in [1.165, 1.54) is 23.4 Å². The summed E-state index contributed by atoms with van der Waals surface area (Å²) < 4.78 is 11.3. The van der Waals surface area contributed by atoms with Crippen LogP contribution in [0.4, 0.5) is 5.69 Å². The maximum absolute atomic E-state index is 11.4. The number of carboxylic acids is 1. The molecule has 0 saturated heterocycles. The van der Waals surface area contributed by atoms with Crippen molar-refractivity contribution in [2.75, 3.05) is 31.7 Å². The van der Waals surface area contributed by atoms with E-state index in [0.717, 1.165) is 30.8 Å². The Kier molecular flexibility index (Phi) is 5.07. The normalized spacial score (nSPS) is 18.8. The SMILES string of the molecule is O=C(O)c1ccncc1NCC1CCOc2cc(C3=CCOCC3)ccc21. The maximum atomic E-state index is 11.4. The number of hydrogen-bond acceptors (Lipinski definition) is 5. The number of fused-ring (bicyclic) bond motifs is 1. The molecular formula is C21H22N2O4. The number of anilines is 1. The van der Waals surface area contributed by atoms with Gasteiger partial charge in [-0.3, -0.25) is 4.98 Å². The molecule has 1 atom stereocenters. The number of hydrogen-bond donors (Lipinski definition) is 2. The van der Waals surface area contributed by atoms with Crippen LogP contribution in [-0.4, -0.2) is 42.4 Å². The fourth-order valence-electron chi connectivity index (χ4n) is 3.62. The van der Waals surface area contributed by atoms with E-state index in [1.54, 1.807) is 6.20 Å². The lowest BCUT2D eigenvalue weighted by molar-refractivity contribution is 0.0697. The Morgan fingerprint density at radius 3 is 3.04 bits per heavy atom. The average molecular weight is 366 g/mol. The van der Waals surface area contributed by atoms with E-state index in [9.17, 15) is 9.90 Å². The molecule has 27 heavy (non-hydrogen) atoms. The van der Waals surface area contributed by atoms with E-state index in [0.29, 0.717) is 25.4 Å². The van der Waals surface area contributed by atoms with Crippen LogP contribution in [0, 0.1) is 0 Å². The molecule has 140 valence electrons. The van der Waals surface area contributed by atoms with Crippen LogP contribution in [0.15, 0.2) is 42.7 Å². The van der Waals surface area contributed by atoms with Crippen LogP contribution < -0.4 is 10.1 Å². The van der Waals surface area contributed by atoms with Crippen molar-refractivity contribution in [3.63, 3.8) is 0 Å². The number of carboxylic acid groups (broad SMARTS) is 1. The van der Waals surface area contributed by atoms with Crippen molar-refractivity contribution in [2.24, 2.45) is 0 Å². The molecule has 0 bridgehead atoms. The Morgan fingerprint density at radius 2 is 2.22 bits per heavy atom. The van der Waals surface area contributed by atoms with Gasteiger partial charge in [-0.15, -0.1) is 0 Å². The number of aromatic nitrogens is 1. The predicted molar refractivity (Wildman–Crippen MR) is 102 cm³/mol.